The number of rotatable bonds is 10. The minimum Gasteiger partial charge on any atom is -0.392 e. The van der Waals surface area contributed by atoms with Crippen LogP contribution in [-0.2, 0) is 39.3 Å². The van der Waals surface area contributed by atoms with Gasteiger partial charge >= 0.3 is 12.1 Å². The lowest BCUT2D eigenvalue weighted by Crippen LogP contribution is -2.50. The molecule has 5 unspecified atom stereocenters. The van der Waals surface area contributed by atoms with Gasteiger partial charge in [-0.1, -0.05) is 79.3 Å². The lowest BCUT2D eigenvalue weighted by atomic mass is 9.91. The van der Waals surface area contributed by atoms with Crippen LogP contribution in [0.4, 0.5) is 13.2 Å². The quantitative estimate of drug-likeness (QED) is 0.215. The first-order valence-corrected chi connectivity index (χ1v) is 17.2. The molecule has 5 atom stereocenters. The highest BCUT2D eigenvalue weighted by molar-refractivity contribution is 7.99. The summed E-state index contributed by atoms with van der Waals surface area (Å²) in [6.45, 7) is 2.01. The van der Waals surface area contributed by atoms with Crippen molar-refractivity contribution >= 4 is 23.6 Å². The summed E-state index contributed by atoms with van der Waals surface area (Å²) in [7, 11) is 1.78. The number of nitrogens with zero attached hydrogens (tertiary/aromatic N) is 5. The Morgan fingerprint density at radius 2 is 1.74 bits per heavy atom. The van der Waals surface area contributed by atoms with Gasteiger partial charge in [0.15, 0.2) is 6.29 Å². The first-order valence-electron chi connectivity index (χ1n) is 16.2. The zero-order valence-electron chi connectivity index (χ0n) is 27.4. The van der Waals surface area contributed by atoms with Gasteiger partial charge in [-0.2, -0.15) is 13.2 Å². The van der Waals surface area contributed by atoms with Crippen molar-refractivity contribution in [2.75, 3.05) is 12.3 Å². The standard InChI is InChI=1S/C35H37F3N6O5S/c1-21-29(20-50-34-40-41-42-43(34)2)48-32(49-30(21)24-13-11-22(19-45)12-14-24)27-9-4-8-26(17-27)25-7-3-6-23(16-25)18-39-31(46)28-10-5-15-44(28)33(47)35(36,37)38/h3-4,6-9,11-14,16-17,21,28-30,32,45H,5,10,15,18-20H2,1-2H3,(H,39,46). The van der Waals surface area contributed by atoms with Crippen LogP contribution in [-0.4, -0.2) is 72.6 Å². The van der Waals surface area contributed by atoms with Gasteiger partial charge in [0.1, 0.15) is 6.04 Å². The van der Waals surface area contributed by atoms with Gasteiger partial charge in [0, 0.05) is 37.4 Å². The molecule has 2 amide bonds. The monoisotopic (exact) mass is 710 g/mol. The summed E-state index contributed by atoms with van der Waals surface area (Å²) >= 11 is 1.50. The van der Waals surface area contributed by atoms with Crippen molar-refractivity contribution in [3.05, 3.63) is 95.1 Å². The van der Waals surface area contributed by atoms with E-state index in [1.807, 2.05) is 72.8 Å². The first kappa shape index (κ1) is 35.5. The predicted molar refractivity (Wildman–Crippen MR) is 177 cm³/mol. The van der Waals surface area contributed by atoms with Crippen molar-refractivity contribution in [2.45, 2.75) is 68.8 Å². The van der Waals surface area contributed by atoms with Gasteiger partial charge in [-0.3, -0.25) is 9.59 Å². The number of aryl methyl sites for hydroxylation is 1. The topological polar surface area (TPSA) is 132 Å². The van der Waals surface area contributed by atoms with Crippen LogP contribution in [0.5, 0.6) is 0 Å². The van der Waals surface area contributed by atoms with Crippen LogP contribution in [0.15, 0.2) is 78.0 Å². The summed E-state index contributed by atoms with van der Waals surface area (Å²) in [5.74, 6) is -2.05. The number of carbonyl (C=O) groups excluding carboxylic acids is 2. The molecule has 0 aliphatic carbocycles. The van der Waals surface area contributed by atoms with E-state index in [1.165, 1.54) is 11.8 Å². The molecule has 6 rings (SSSR count). The number of hydrogen-bond donors (Lipinski definition) is 2. The number of benzene rings is 3. The average Bonchev–Trinajstić information content (AvgIpc) is 3.79. The Hall–Kier alpha value is -4.31. The Bertz CT molecular complexity index is 1810. The fourth-order valence-corrected chi connectivity index (χ4v) is 7.30. The summed E-state index contributed by atoms with van der Waals surface area (Å²) in [5, 5.41) is 24.7. The molecular formula is C35H37F3N6O5S. The molecule has 4 aromatic rings. The van der Waals surface area contributed by atoms with E-state index in [4.69, 9.17) is 9.47 Å². The van der Waals surface area contributed by atoms with Crippen molar-refractivity contribution in [2.24, 2.45) is 13.0 Å². The van der Waals surface area contributed by atoms with Gasteiger partial charge < -0.3 is 24.8 Å². The molecule has 264 valence electrons. The number of aromatic nitrogens is 4. The van der Waals surface area contributed by atoms with Crippen molar-refractivity contribution in [1.82, 2.24) is 30.4 Å². The molecular weight excluding hydrogens is 673 g/mol. The molecule has 2 aliphatic heterocycles. The van der Waals surface area contributed by atoms with E-state index in [0.29, 0.717) is 22.2 Å². The number of aliphatic hydroxyl groups excluding tert-OH is 1. The van der Waals surface area contributed by atoms with Crippen LogP contribution in [0.3, 0.4) is 0 Å². The number of amides is 2. The molecule has 3 heterocycles. The van der Waals surface area contributed by atoms with Crippen LogP contribution in [0.1, 0.15) is 54.4 Å². The number of likely N-dealkylation sites (tertiary alicyclic amines) is 1. The Kier molecular flexibility index (Phi) is 10.9. The van der Waals surface area contributed by atoms with Crippen LogP contribution in [0.2, 0.25) is 0 Å². The third-order valence-corrected chi connectivity index (χ3v) is 10.1. The number of tetrazole rings is 1. The summed E-state index contributed by atoms with van der Waals surface area (Å²) in [6, 6.07) is 21.8. The van der Waals surface area contributed by atoms with Gasteiger partial charge in [0.2, 0.25) is 11.1 Å². The molecule has 2 saturated heterocycles. The van der Waals surface area contributed by atoms with Crippen molar-refractivity contribution in [3.63, 3.8) is 0 Å². The fraction of sp³-hybridized carbons (Fsp3) is 0.400. The molecule has 0 radical (unpaired) electrons. The Morgan fingerprint density at radius 3 is 2.44 bits per heavy atom. The van der Waals surface area contributed by atoms with Crippen molar-refractivity contribution in [1.29, 1.82) is 0 Å². The molecule has 50 heavy (non-hydrogen) atoms. The van der Waals surface area contributed by atoms with Crippen LogP contribution < -0.4 is 5.32 Å². The lowest BCUT2D eigenvalue weighted by molar-refractivity contribution is -0.268. The number of ether oxygens (including phenoxy) is 2. The third-order valence-electron chi connectivity index (χ3n) is 9.03. The maximum absolute atomic E-state index is 13.0. The summed E-state index contributed by atoms with van der Waals surface area (Å²) in [6.07, 6.45) is -5.75. The smallest absolute Gasteiger partial charge is 0.392 e. The number of aliphatic hydroxyl groups is 1. The molecule has 15 heteroatoms. The maximum Gasteiger partial charge on any atom is 0.471 e. The number of alkyl halides is 3. The maximum atomic E-state index is 13.0. The Balaban J connectivity index is 1.18. The zero-order valence-corrected chi connectivity index (χ0v) is 28.2. The summed E-state index contributed by atoms with van der Waals surface area (Å²) < 4.78 is 54.0. The van der Waals surface area contributed by atoms with Crippen LogP contribution >= 0.6 is 11.8 Å². The van der Waals surface area contributed by atoms with Gasteiger partial charge in [-0.05, 0) is 63.2 Å². The second kappa shape index (κ2) is 15.3. The number of hydrogen-bond acceptors (Lipinski definition) is 9. The number of carbonyl (C=O) groups is 2. The van der Waals surface area contributed by atoms with E-state index in [1.54, 1.807) is 11.7 Å². The van der Waals surface area contributed by atoms with Gasteiger partial charge in [-0.15, -0.1) is 5.10 Å². The SMILES string of the molecule is CC1C(CSc2nnnn2C)OC(c2cccc(-c3cccc(CNC(=O)C4CCCN4C(=O)C(F)(F)F)c3)c2)OC1c1ccc(CO)cc1. The Labute approximate surface area is 291 Å². The summed E-state index contributed by atoms with van der Waals surface area (Å²) in [5.41, 5.74) is 5.05. The molecule has 1 aromatic heterocycles. The van der Waals surface area contributed by atoms with Crippen LogP contribution in [0.25, 0.3) is 11.1 Å². The zero-order chi connectivity index (χ0) is 35.4. The van der Waals surface area contributed by atoms with E-state index in [9.17, 15) is 27.9 Å². The minimum absolute atomic E-state index is 0.0297. The number of nitrogens with one attached hydrogen (secondary N) is 1. The Morgan fingerprint density at radius 1 is 1.00 bits per heavy atom. The second-order valence-electron chi connectivity index (χ2n) is 12.4. The molecule has 0 saturated carbocycles. The molecule has 2 fully saturated rings. The first-order chi connectivity index (χ1) is 24.0. The molecule has 2 N–H and O–H groups in total. The predicted octanol–water partition coefficient (Wildman–Crippen LogP) is 5.12. The van der Waals surface area contributed by atoms with Crippen LogP contribution in [0, 0.1) is 5.92 Å². The van der Waals surface area contributed by atoms with Crippen molar-refractivity contribution in [3.8, 4) is 11.1 Å². The van der Waals surface area contributed by atoms with E-state index in [0.717, 1.165) is 33.4 Å². The molecule has 0 spiro atoms. The molecule has 2 aliphatic rings. The molecule has 11 nitrogen and oxygen atoms in total. The van der Waals surface area contributed by atoms with E-state index >= 15 is 0 Å². The van der Waals surface area contributed by atoms with Crippen molar-refractivity contribution < 1.29 is 37.3 Å². The fourth-order valence-electron chi connectivity index (χ4n) is 6.29. The van der Waals surface area contributed by atoms with Gasteiger partial charge in [0.05, 0.1) is 18.8 Å². The highest BCUT2D eigenvalue weighted by atomic mass is 32.2. The second-order valence-corrected chi connectivity index (χ2v) is 13.4. The lowest BCUT2D eigenvalue weighted by Gasteiger charge is -2.41. The molecule has 0 bridgehead atoms. The number of halogens is 3. The largest absolute Gasteiger partial charge is 0.471 e. The van der Waals surface area contributed by atoms with E-state index in [-0.39, 0.29) is 44.2 Å². The van der Waals surface area contributed by atoms with E-state index < -0.39 is 30.3 Å². The minimum atomic E-state index is -5.03. The highest BCUT2D eigenvalue weighted by Gasteiger charge is 2.47. The van der Waals surface area contributed by atoms with Gasteiger partial charge in [0.25, 0.3) is 0 Å². The molecule has 3 aromatic carbocycles. The summed E-state index contributed by atoms with van der Waals surface area (Å²) in [4.78, 5) is 25.3. The third kappa shape index (κ3) is 8.01. The average molecular weight is 711 g/mol. The normalized spacial score (nSPS) is 22.4. The van der Waals surface area contributed by atoms with E-state index in [2.05, 4.69) is 27.8 Å². The highest BCUT2D eigenvalue weighted by Crippen LogP contribution is 2.43. The van der Waals surface area contributed by atoms with Gasteiger partial charge in [-0.25, -0.2) is 4.68 Å². The number of thioether (sulfide) groups is 1.